The van der Waals surface area contributed by atoms with Crippen molar-refractivity contribution >= 4 is 28.2 Å². The van der Waals surface area contributed by atoms with E-state index in [1.165, 1.54) is 6.07 Å². The molecule has 0 atom stereocenters. The Morgan fingerprint density at radius 1 is 0.938 bits per heavy atom. The third kappa shape index (κ3) is 1.24. The van der Waals surface area contributed by atoms with Crippen LogP contribution in [0.4, 0.5) is 0 Å². The van der Waals surface area contributed by atoms with Gasteiger partial charge in [0.1, 0.15) is 11.2 Å². The van der Waals surface area contributed by atoms with Crippen molar-refractivity contribution in [1.82, 2.24) is 0 Å². The number of rotatable bonds is 1. The third-order valence-electron chi connectivity index (χ3n) is 2.39. The molecule has 2 aromatic heterocycles. The van der Waals surface area contributed by atoms with Crippen LogP contribution in [0, 0.1) is 0 Å². The molecule has 0 N–H and O–H groups in total. The van der Waals surface area contributed by atoms with Crippen LogP contribution >= 0.6 is 0 Å². The largest absolute Gasteiger partial charge is 0.453 e. The Morgan fingerprint density at radius 3 is 2.56 bits per heavy atom. The Bertz CT molecular complexity index is 748. The Hall–Kier alpha value is -2.36. The van der Waals surface area contributed by atoms with E-state index in [0.717, 1.165) is 10.8 Å². The van der Waals surface area contributed by atoms with Gasteiger partial charge in [0.25, 0.3) is 0 Å². The first-order chi connectivity index (χ1) is 7.76. The third-order valence-corrected chi connectivity index (χ3v) is 2.39. The molecule has 2 heterocycles. The molecule has 0 saturated carbocycles. The topological polar surface area (TPSA) is 60.4 Å². The first kappa shape index (κ1) is 8.91. The molecule has 3 aromatic rings. The van der Waals surface area contributed by atoms with Crippen molar-refractivity contribution in [1.29, 1.82) is 0 Å². The number of furan rings is 1. The highest BCUT2D eigenvalue weighted by atomic mass is 16.4. The Kier molecular flexibility index (Phi) is 1.71. The van der Waals surface area contributed by atoms with Gasteiger partial charge in [-0.15, -0.1) is 0 Å². The molecule has 0 unspecified atom stereocenters. The number of carbonyl (C=O) groups excluding carboxylic acids is 1. The zero-order valence-electron chi connectivity index (χ0n) is 8.10. The molecule has 78 valence electrons. The normalized spacial score (nSPS) is 11.0. The summed E-state index contributed by atoms with van der Waals surface area (Å²) >= 11 is 0. The van der Waals surface area contributed by atoms with E-state index >= 15 is 0 Å². The lowest BCUT2D eigenvalue weighted by Gasteiger charge is -1.94. The fourth-order valence-corrected chi connectivity index (χ4v) is 1.68. The molecular weight excluding hydrogens is 208 g/mol. The number of carbonyl (C=O) groups is 1. The summed E-state index contributed by atoms with van der Waals surface area (Å²) in [6, 6.07) is 8.10. The molecule has 0 aliphatic carbocycles. The number of hydrogen-bond donors (Lipinski definition) is 0. The highest BCUT2D eigenvalue weighted by Gasteiger charge is 2.06. The molecule has 3 rings (SSSR count). The van der Waals surface area contributed by atoms with Crippen LogP contribution in [0.5, 0.6) is 0 Å². The van der Waals surface area contributed by atoms with Crippen molar-refractivity contribution in [3.8, 4) is 0 Å². The highest BCUT2D eigenvalue weighted by Crippen LogP contribution is 2.24. The molecule has 4 nitrogen and oxygen atoms in total. The molecule has 1 aromatic carbocycles. The molecule has 0 bridgehead atoms. The van der Waals surface area contributed by atoms with E-state index in [4.69, 9.17) is 8.83 Å². The van der Waals surface area contributed by atoms with Gasteiger partial charge in [-0.25, -0.2) is 4.79 Å². The van der Waals surface area contributed by atoms with E-state index in [1.54, 1.807) is 18.2 Å². The second-order valence-corrected chi connectivity index (χ2v) is 3.45. The fraction of sp³-hybridized carbons (Fsp3) is 0. The van der Waals surface area contributed by atoms with E-state index in [9.17, 15) is 9.59 Å². The van der Waals surface area contributed by atoms with Gasteiger partial charge in [-0.05, 0) is 18.2 Å². The minimum Gasteiger partial charge on any atom is -0.453 e. The number of fused-ring (bicyclic) bond motifs is 2. The minimum atomic E-state index is -0.408. The van der Waals surface area contributed by atoms with Gasteiger partial charge in [0.2, 0.25) is 0 Å². The summed E-state index contributed by atoms with van der Waals surface area (Å²) in [5.74, 6) is 0.257. The van der Waals surface area contributed by atoms with Gasteiger partial charge in [0.05, 0.1) is 0 Å². The summed E-state index contributed by atoms with van der Waals surface area (Å²) in [5, 5.41) is 1.61. The van der Waals surface area contributed by atoms with E-state index in [0.29, 0.717) is 17.5 Å². The maximum atomic E-state index is 11.0. The summed E-state index contributed by atoms with van der Waals surface area (Å²) < 4.78 is 10.2. The first-order valence-corrected chi connectivity index (χ1v) is 4.69. The summed E-state index contributed by atoms with van der Waals surface area (Å²) in [6.07, 6.45) is 0.640. The minimum absolute atomic E-state index is 0.257. The monoisotopic (exact) mass is 214 g/mol. The smallest absolute Gasteiger partial charge is 0.336 e. The molecule has 0 fully saturated rings. The van der Waals surface area contributed by atoms with Crippen molar-refractivity contribution in [3.05, 3.63) is 46.5 Å². The molecule has 4 heteroatoms. The van der Waals surface area contributed by atoms with Crippen molar-refractivity contribution in [3.63, 3.8) is 0 Å². The van der Waals surface area contributed by atoms with Gasteiger partial charge in [-0.1, -0.05) is 0 Å². The van der Waals surface area contributed by atoms with Gasteiger partial charge >= 0.3 is 5.63 Å². The summed E-state index contributed by atoms with van der Waals surface area (Å²) in [5.41, 5.74) is 0.574. The molecule has 16 heavy (non-hydrogen) atoms. The summed E-state index contributed by atoms with van der Waals surface area (Å²) in [6.45, 7) is 0. The Morgan fingerprint density at radius 2 is 1.75 bits per heavy atom. The van der Waals surface area contributed by atoms with Crippen LogP contribution in [0.25, 0.3) is 21.9 Å². The predicted octanol–water partition coefficient (Wildman–Crippen LogP) is 2.35. The maximum Gasteiger partial charge on any atom is 0.336 e. The summed E-state index contributed by atoms with van der Waals surface area (Å²) in [7, 11) is 0. The zero-order chi connectivity index (χ0) is 11.1. The number of hydrogen-bond acceptors (Lipinski definition) is 4. The molecule has 0 amide bonds. The molecule has 0 saturated heterocycles. The van der Waals surface area contributed by atoms with Crippen molar-refractivity contribution < 1.29 is 13.6 Å². The average Bonchev–Trinajstić information content (AvgIpc) is 2.67. The maximum absolute atomic E-state index is 11.0. The van der Waals surface area contributed by atoms with Crippen LogP contribution in [0.3, 0.4) is 0 Å². The quantitative estimate of drug-likeness (QED) is 0.460. The van der Waals surface area contributed by atoms with Crippen LogP contribution in [0.1, 0.15) is 10.6 Å². The van der Waals surface area contributed by atoms with Gasteiger partial charge in [0.15, 0.2) is 12.0 Å². The second-order valence-electron chi connectivity index (χ2n) is 3.45. The lowest BCUT2D eigenvalue weighted by atomic mass is 10.2. The molecule has 0 radical (unpaired) electrons. The molecule has 0 aliphatic heterocycles. The van der Waals surface area contributed by atoms with Crippen molar-refractivity contribution in [2.24, 2.45) is 0 Å². The van der Waals surface area contributed by atoms with Crippen LogP contribution in [0.15, 0.2) is 44.0 Å². The van der Waals surface area contributed by atoms with Crippen LogP contribution in [-0.2, 0) is 0 Å². The van der Waals surface area contributed by atoms with Crippen molar-refractivity contribution in [2.45, 2.75) is 0 Å². The second kappa shape index (κ2) is 3.06. The van der Waals surface area contributed by atoms with E-state index in [2.05, 4.69) is 0 Å². The van der Waals surface area contributed by atoms with Crippen LogP contribution in [0.2, 0.25) is 0 Å². The molecule has 0 aliphatic rings. The van der Waals surface area contributed by atoms with E-state index in [1.807, 2.05) is 6.07 Å². The van der Waals surface area contributed by atoms with Gasteiger partial charge in [-0.3, -0.25) is 4.79 Å². The lowest BCUT2D eigenvalue weighted by molar-refractivity contribution is 0.110. The summed E-state index contributed by atoms with van der Waals surface area (Å²) in [4.78, 5) is 21.6. The predicted molar refractivity (Wildman–Crippen MR) is 57.6 cm³/mol. The first-order valence-electron chi connectivity index (χ1n) is 4.69. The molecule has 0 spiro atoms. The zero-order valence-corrected chi connectivity index (χ0v) is 8.10. The fourth-order valence-electron chi connectivity index (χ4n) is 1.68. The standard InChI is InChI=1S/C12H6O4/c13-6-9-4-8-3-7-1-2-12(14)16-10(7)5-11(8)15-9/h1-6H. The average molecular weight is 214 g/mol. The van der Waals surface area contributed by atoms with Crippen LogP contribution in [-0.4, -0.2) is 6.29 Å². The van der Waals surface area contributed by atoms with Gasteiger partial charge in [-0.2, -0.15) is 0 Å². The number of benzene rings is 1. The van der Waals surface area contributed by atoms with Crippen molar-refractivity contribution in [2.75, 3.05) is 0 Å². The van der Waals surface area contributed by atoms with E-state index < -0.39 is 5.63 Å². The SMILES string of the molecule is O=Cc1cc2cc3ccc(=O)oc3cc2o1. The van der Waals surface area contributed by atoms with E-state index in [-0.39, 0.29) is 5.76 Å². The van der Waals surface area contributed by atoms with Crippen LogP contribution < -0.4 is 5.63 Å². The number of aldehydes is 1. The van der Waals surface area contributed by atoms with Gasteiger partial charge in [0, 0.05) is 22.9 Å². The lowest BCUT2D eigenvalue weighted by Crippen LogP contribution is -1.93. The van der Waals surface area contributed by atoms with Gasteiger partial charge < -0.3 is 8.83 Å². The molecular formula is C12H6O4. The Balaban J connectivity index is 2.45. The highest BCUT2D eigenvalue weighted by molar-refractivity contribution is 5.95. The Labute approximate surface area is 89.1 Å².